The zero-order chi connectivity index (χ0) is 15.4. The molecule has 22 heavy (non-hydrogen) atoms. The lowest BCUT2D eigenvalue weighted by atomic mass is 10.1. The lowest BCUT2D eigenvalue weighted by Gasteiger charge is -2.21. The highest BCUT2D eigenvalue weighted by molar-refractivity contribution is 9.10. The summed E-state index contributed by atoms with van der Waals surface area (Å²) in [7, 11) is 1.73. The van der Waals surface area contributed by atoms with Gasteiger partial charge in [-0.25, -0.2) is 0 Å². The van der Waals surface area contributed by atoms with E-state index in [0.29, 0.717) is 0 Å². The number of benzene rings is 2. The normalized spacial score (nSPS) is 13.7. The van der Waals surface area contributed by atoms with Gasteiger partial charge in [0.05, 0.1) is 13.8 Å². The Labute approximate surface area is 139 Å². The SMILES string of the molecule is COc1ccccc1CCN1C=CN(c2ccc(Br)cc2)C1. The van der Waals surface area contributed by atoms with Crippen molar-refractivity contribution in [3.05, 3.63) is 71.0 Å². The average Bonchev–Trinajstić information content (AvgIpc) is 3.03. The molecule has 0 spiro atoms. The van der Waals surface area contributed by atoms with Crippen LogP contribution in [0.5, 0.6) is 5.75 Å². The molecule has 0 N–H and O–H groups in total. The van der Waals surface area contributed by atoms with Gasteiger partial charge in [0.2, 0.25) is 0 Å². The largest absolute Gasteiger partial charge is 0.496 e. The van der Waals surface area contributed by atoms with Crippen molar-refractivity contribution in [2.24, 2.45) is 0 Å². The highest BCUT2D eigenvalue weighted by Crippen LogP contribution is 2.23. The van der Waals surface area contributed by atoms with Crippen molar-refractivity contribution in [3.8, 4) is 5.75 Å². The molecule has 0 aromatic heterocycles. The van der Waals surface area contributed by atoms with Gasteiger partial charge in [0.25, 0.3) is 0 Å². The molecule has 1 aliphatic rings. The first-order valence-corrected chi connectivity index (χ1v) is 8.12. The Morgan fingerprint density at radius 3 is 2.59 bits per heavy atom. The first-order valence-electron chi connectivity index (χ1n) is 7.33. The van der Waals surface area contributed by atoms with Crippen LogP contribution in [-0.4, -0.2) is 25.2 Å². The molecule has 2 aromatic carbocycles. The third-order valence-electron chi connectivity index (χ3n) is 3.81. The van der Waals surface area contributed by atoms with Crippen molar-refractivity contribution in [1.82, 2.24) is 4.90 Å². The summed E-state index contributed by atoms with van der Waals surface area (Å²) in [5, 5.41) is 0. The van der Waals surface area contributed by atoms with E-state index >= 15 is 0 Å². The Morgan fingerprint density at radius 1 is 1.05 bits per heavy atom. The van der Waals surface area contributed by atoms with E-state index in [2.05, 4.69) is 74.5 Å². The number of hydrogen-bond acceptors (Lipinski definition) is 3. The molecule has 0 aliphatic carbocycles. The molecule has 4 heteroatoms. The van der Waals surface area contributed by atoms with Gasteiger partial charge in [-0.2, -0.15) is 0 Å². The Morgan fingerprint density at radius 2 is 1.82 bits per heavy atom. The molecule has 0 saturated carbocycles. The molecule has 114 valence electrons. The van der Waals surface area contributed by atoms with E-state index in [1.165, 1.54) is 11.3 Å². The molecule has 0 radical (unpaired) electrons. The maximum Gasteiger partial charge on any atom is 0.122 e. The van der Waals surface area contributed by atoms with Crippen LogP contribution in [0.15, 0.2) is 65.4 Å². The average molecular weight is 359 g/mol. The zero-order valence-electron chi connectivity index (χ0n) is 12.6. The first kappa shape index (κ1) is 15.0. The van der Waals surface area contributed by atoms with Crippen molar-refractivity contribution in [3.63, 3.8) is 0 Å². The lowest BCUT2D eigenvalue weighted by Crippen LogP contribution is -2.26. The molecule has 0 bridgehead atoms. The summed E-state index contributed by atoms with van der Waals surface area (Å²) in [6.07, 6.45) is 5.26. The fourth-order valence-electron chi connectivity index (χ4n) is 2.58. The van der Waals surface area contributed by atoms with Crippen LogP contribution < -0.4 is 9.64 Å². The number of halogens is 1. The number of anilines is 1. The Balaban J connectivity index is 1.57. The monoisotopic (exact) mass is 358 g/mol. The number of methoxy groups -OCH3 is 1. The van der Waals surface area contributed by atoms with E-state index in [1.807, 2.05) is 12.1 Å². The quantitative estimate of drug-likeness (QED) is 0.794. The molecule has 0 fully saturated rings. The summed E-state index contributed by atoms with van der Waals surface area (Å²) < 4.78 is 6.51. The van der Waals surface area contributed by atoms with Gasteiger partial charge in [-0.05, 0) is 42.3 Å². The van der Waals surface area contributed by atoms with Crippen LogP contribution in [0.25, 0.3) is 0 Å². The summed E-state index contributed by atoms with van der Waals surface area (Å²) >= 11 is 3.47. The van der Waals surface area contributed by atoms with E-state index in [4.69, 9.17) is 4.74 Å². The van der Waals surface area contributed by atoms with Crippen molar-refractivity contribution in [2.45, 2.75) is 6.42 Å². The van der Waals surface area contributed by atoms with E-state index < -0.39 is 0 Å². The zero-order valence-corrected chi connectivity index (χ0v) is 14.2. The number of para-hydroxylation sites is 1. The minimum absolute atomic E-state index is 0.886. The summed E-state index contributed by atoms with van der Waals surface area (Å²) in [6.45, 7) is 1.86. The standard InChI is InChI=1S/C18H19BrN2O/c1-22-18-5-3-2-4-15(18)10-11-20-12-13-21(14-20)17-8-6-16(19)7-9-17/h2-9,12-13H,10-11,14H2,1H3. The van der Waals surface area contributed by atoms with Gasteiger partial charge >= 0.3 is 0 Å². The Kier molecular flexibility index (Phi) is 4.68. The van der Waals surface area contributed by atoms with Crippen LogP contribution in [0.4, 0.5) is 5.69 Å². The second-order valence-corrected chi connectivity index (χ2v) is 6.18. The topological polar surface area (TPSA) is 15.7 Å². The van der Waals surface area contributed by atoms with Gasteiger partial charge in [-0.1, -0.05) is 34.1 Å². The first-order chi connectivity index (χ1) is 10.8. The van der Waals surface area contributed by atoms with Crippen LogP contribution in [0.1, 0.15) is 5.56 Å². The highest BCUT2D eigenvalue weighted by atomic mass is 79.9. The summed E-state index contributed by atoms with van der Waals surface area (Å²) in [5.41, 5.74) is 2.46. The molecule has 3 nitrogen and oxygen atoms in total. The molecule has 2 aromatic rings. The second-order valence-electron chi connectivity index (χ2n) is 5.26. The lowest BCUT2D eigenvalue weighted by molar-refractivity contribution is 0.391. The third-order valence-corrected chi connectivity index (χ3v) is 4.34. The van der Waals surface area contributed by atoms with Gasteiger partial charge in [0.1, 0.15) is 5.75 Å². The second kappa shape index (κ2) is 6.88. The maximum absolute atomic E-state index is 5.41. The molecular weight excluding hydrogens is 340 g/mol. The smallest absolute Gasteiger partial charge is 0.122 e. The minimum atomic E-state index is 0.886. The van der Waals surface area contributed by atoms with E-state index in [-0.39, 0.29) is 0 Å². The number of nitrogens with zero attached hydrogens (tertiary/aromatic N) is 2. The van der Waals surface area contributed by atoms with Crippen LogP contribution in [0.2, 0.25) is 0 Å². The summed E-state index contributed by atoms with van der Waals surface area (Å²) in [5.74, 6) is 0.968. The van der Waals surface area contributed by atoms with Gasteiger partial charge in [0.15, 0.2) is 0 Å². The van der Waals surface area contributed by atoms with Crippen LogP contribution in [0.3, 0.4) is 0 Å². The molecule has 0 unspecified atom stereocenters. The molecule has 1 aliphatic heterocycles. The van der Waals surface area contributed by atoms with Crippen molar-refractivity contribution < 1.29 is 4.74 Å². The van der Waals surface area contributed by atoms with Crippen LogP contribution in [0, 0.1) is 0 Å². The molecule has 3 rings (SSSR count). The van der Waals surface area contributed by atoms with Crippen molar-refractivity contribution in [1.29, 1.82) is 0 Å². The predicted octanol–water partition coefficient (Wildman–Crippen LogP) is 4.25. The van der Waals surface area contributed by atoms with Gasteiger partial charge in [-0.15, -0.1) is 0 Å². The van der Waals surface area contributed by atoms with E-state index in [1.54, 1.807) is 7.11 Å². The van der Waals surface area contributed by atoms with Crippen molar-refractivity contribution >= 4 is 21.6 Å². The Hall–Kier alpha value is -1.94. The summed E-state index contributed by atoms with van der Waals surface area (Å²) in [4.78, 5) is 4.56. The maximum atomic E-state index is 5.41. The minimum Gasteiger partial charge on any atom is -0.496 e. The predicted molar refractivity (Wildman–Crippen MR) is 94.0 cm³/mol. The van der Waals surface area contributed by atoms with Gasteiger partial charge in [0, 0.05) is 29.1 Å². The van der Waals surface area contributed by atoms with E-state index in [9.17, 15) is 0 Å². The number of rotatable bonds is 5. The van der Waals surface area contributed by atoms with Gasteiger partial charge in [-0.3, -0.25) is 0 Å². The van der Waals surface area contributed by atoms with Gasteiger partial charge < -0.3 is 14.5 Å². The molecule has 0 saturated heterocycles. The van der Waals surface area contributed by atoms with Crippen molar-refractivity contribution in [2.75, 3.05) is 25.2 Å². The Bertz CT molecular complexity index is 654. The number of ether oxygens (including phenoxy) is 1. The third kappa shape index (κ3) is 3.45. The van der Waals surface area contributed by atoms with Crippen LogP contribution >= 0.6 is 15.9 Å². The molecular formula is C18H19BrN2O. The van der Waals surface area contributed by atoms with E-state index in [0.717, 1.165) is 29.9 Å². The highest BCUT2D eigenvalue weighted by Gasteiger charge is 2.14. The van der Waals surface area contributed by atoms with Crippen LogP contribution in [-0.2, 0) is 6.42 Å². The molecule has 1 heterocycles. The molecule has 0 amide bonds. The number of hydrogen-bond donors (Lipinski definition) is 0. The molecule has 0 atom stereocenters. The summed E-state index contributed by atoms with van der Waals surface area (Å²) in [6, 6.07) is 16.6. The fourth-order valence-corrected chi connectivity index (χ4v) is 2.85. The fraction of sp³-hybridized carbons (Fsp3) is 0.222.